The third kappa shape index (κ3) is 5.27. The van der Waals surface area contributed by atoms with E-state index in [2.05, 4.69) is 20.3 Å². The van der Waals surface area contributed by atoms with Crippen LogP contribution in [0.15, 0.2) is 30.6 Å². The van der Waals surface area contributed by atoms with Gasteiger partial charge in [0.05, 0.1) is 6.61 Å². The van der Waals surface area contributed by atoms with Gasteiger partial charge in [0, 0.05) is 39.2 Å². The van der Waals surface area contributed by atoms with Gasteiger partial charge in [-0.05, 0) is 17.7 Å². The lowest BCUT2D eigenvalue weighted by atomic mass is 10.3. The molecule has 0 saturated carbocycles. The predicted octanol–water partition coefficient (Wildman–Crippen LogP) is 1.66. The zero-order valence-corrected chi connectivity index (χ0v) is 12.8. The molecule has 0 bridgehead atoms. The second-order valence-electron chi connectivity index (χ2n) is 4.49. The minimum Gasteiger partial charge on any atom is -0.475 e. The van der Waals surface area contributed by atoms with Gasteiger partial charge in [-0.2, -0.15) is 4.98 Å². The number of hydrogen-bond donors (Lipinski definition) is 1. The van der Waals surface area contributed by atoms with Crippen LogP contribution in [0, 0.1) is 0 Å². The highest BCUT2D eigenvalue weighted by Gasteiger charge is 2.06. The van der Waals surface area contributed by atoms with E-state index >= 15 is 0 Å². The fraction of sp³-hybridized carbons (Fsp3) is 0.400. The third-order valence-electron chi connectivity index (χ3n) is 2.78. The largest absolute Gasteiger partial charge is 0.475 e. The van der Waals surface area contributed by atoms with Crippen molar-refractivity contribution >= 4 is 5.82 Å². The van der Waals surface area contributed by atoms with Crippen LogP contribution < -0.4 is 10.1 Å². The Morgan fingerprint density at radius 2 is 1.86 bits per heavy atom. The van der Waals surface area contributed by atoms with E-state index in [-0.39, 0.29) is 0 Å². The Morgan fingerprint density at radius 1 is 1.05 bits per heavy atom. The van der Waals surface area contributed by atoms with E-state index in [0.29, 0.717) is 43.9 Å². The van der Waals surface area contributed by atoms with Crippen molar-refractivity contribution in [3.8, 4) is 5.88 Å². The fourth-order valence-electron chi connectivity index (χ4n) is 1.75. The van der Waals surface area contributed by atoms with Crippen molar-refractivity contribution in [1.29, 1.82) is 0 Å². The summed E-state index contributed by atoms with van der Waals surface area (Å²) in [5.74, 6) is 1.75. The Labute approximate surface area is 129 Å². The van der Waals surface area contributed by atoms with Crippen LogP contribution in [0.25, 0.3) is 0 Å². The van der Waals surface area contributed by atoms with Gasteiger partial charge in [-0.25, -0.2) is 4.98 Å². The normalized spacial score (nSPS) is 10.5. The molecule has 2 rings (SSSR count). The Kier molecular flexibility index (Phi) is 6.53. The average Bonchev–Trinajstić information content (AvgIpc) is 2.54. The molecule has 0 atom stereocenters. The van der Waals surface area contributed by atoms with Crippen molar-refractivity contribution < 1.29 is 14.2 Å². The van der Waals surface area contributed by atoms with E-state index in [1.807, 2.05) is 12.1 Å². The zero-order valence-electron chi connectivity index (χ0n) is 12.8. The molecule has 0 fully saturated rings. The quantitative estimate of drug-likeness (QED) is 0.706. The lowest BCUT2D eigenvalue weighted by molar-refractivity contribution is 0.142. The van der Waals surface area contributed by atoms with Crippen LogP contribution in [0.2, 0.25) is 0 Å². The molecule has 1 N–H and O–H groups in total. The number of anilines is 1. The van der Waals surface area contributed by atoms with Crippen molar-refractivity contribution in [2.75, 3.05) is 32.8 Å². The zero-order chi connectivity index (χ0) is 15.6. The van der Waals surface area contributed by atoms with Gasteiger partial charge < -0.3 is 19.5 Å². The number of nitrogens with zero attached hydrogens (tertiary/aromatic N) is 3. The van der Waals surface area contributed by atoms with Crippen molar-refractivity contribution in [2.24, 2.45) is 0 Å². The van der Waals surface area contributed by atoms with E-state index in [9.17, 15) is 0 Å². The predicted molar refractivity (Wildman–Crippen MR) is 81.7 cm³/mol. The Bertz CT molecular complexity index is 566. The van der Waals surface area contributed by atoms with Gasteiger partial charge in [-0.15, -0.1) is 0 Å². The first-order valence-corrected chi connectivity index (χ1v) is 6.93. The molecule has 118 valence electrons. The maximum Gasteiger partial charge on any atom is 0.218 e. The molecule has 0 aliphatic heterocycles. The van der Waals surface area contributed by atoms with Crippen molar-refractivity contribution in [2.45, 2.75) is 13.2 Å². The van der Waals surface area contributed by atoms with Crippen molar-refractivity contribution in [3.63, 3.8) is 0 Å². The summed E-state index contributed by atoms with van der Waals surface area (Å²) < 4.78 is 15.6. The van der Waals surface area contributed by atoms with Gasteiger partial charge in [-0.3, -0.25) is 4.98 Å². The van der Waals surface area contributed by atoms with Gasteiger partial charge in [0.15, 0.2) is 5.82 Å². The first-order valence-electron chi connectivity index (χ1n) is 6.93. The van der Waals surface area contributed by atoms with Crippen LogP contribution in [-0.4, -0.2) is 42.4 Å². The molecular weight excluding hydrogens is 284 g/mol. The summed E-state index contributed by atoms with van der Waals surface area (Å²) in [5.41, 5.74) is 1.11. The minimum atomic E-state index is 0.325. The molecule has 2 heterocycles. The SMILES string of the molecule is COCCOc1cc(NCc2ccncc2)nc(COC)n1. The summed E-state index contributed by atoms with van der Waals surface area (Å²) in [6.45, 7) is 1.90. The van der Waals surface area contributed by atoms with Gasteiger partial charge in [0.2, 0.25) is 5.88 Å². The molecule has 7 nitrogen and oxygen atoms in total. The van der Waals surface area contributed by atoms with E-state index in [1.165, 1.54) is 0 Å². The number of nitrogens with one attached hydrogen (secondary N) is 1. The molecule has 0 radical (unpaired) electrons. The number of ether oxygens (including phenoxy) is 3. The van der Waals surface area contributed by atoms with E-state index in [0.717, 1.165) is 5.56 Å². The van der Waals surface area contributed by atoms with Gasteiger partial charge in [-0.1, -0.05) is 0 Å². The second kappa shape index (κ2) is 8.91. The van der Waals surface area contributed by atoms with Crippen LogP contribution in [-0.2, 0) is 22.6 Å². The maximum absolute atomic E-state index is 5.54. The van der Waals surface area contributed by atoms with Gasteiger partial charge in [0.25, 0.3) is 0 Å². The topological polar surface area (TPSA) is 78.4 Å². The molecular formula is C15H20N4O3. The molecule has 0 aliphatic carbocycles. The highest BCUT2D eigenvalue weighted by atomic mass is 16.5. The molecule has 0 amide bonds. The van der Waals surface area contributed by atoms with Crippen LogP contribution in [0.5, 0.6) is 5.88 Å². The van der Waals surface area contributed by atoms with Gasteiger partial charge >= 0.3 is 0 Å². The summed E-state index contributed by atoms with van der Waals surface area (Å²) in [7, 11) is 3.23. The van der Waals surface area contributed by atoms with E-state index in [1.54, 1.807) is 32.7 Å². The Morgan fingerprint density at radius 3 is 2.59 bits per heavy atom. The Hall–Kier alpha value is -2.25. The fourth-order valence-corrected chi connectivity index (χ4v) is 1.75. The first kappa shape index (κ1) is 16.1. The van der Waals surface area contributed by atoms with Crippen molar-refractivity contribution in [3.05, 3.63) is 42.0 Å². The highest BCUT2D eigenvalue weighted by molar-refractivity contribution is 5.39. The van der Waals surface area contributed by atoms with Crippen LogP contribution in [0.1, 0.15) is 11.4 Å². The number of pyridine rings is 1. The molecule has 0 spiro atoms. The lowest BCUT2D eigenvalue weighted by Gasteiger charge is -2.10. The van der Waals surface area contributed by atoms with E-state index < -0.39 is 0 Å². The van der Waals surface area contributed by atoms with Crippen LogP contribution in [0.3, 0.4) is 0 Å². The van der Waals surface area contributed by atoms with Crippen molar-refractivity contribution in [1.82, 2.24) is 15.0 Å². The number of methoxy groups -OCH3 is 2. The smallest absolute Gasteiger partial charge is 0.218 e. The summed E-state index contributed by atoms with van der Waals surface area (Å²) in [6.07, 6.45) is 3.51. The number of hydrogen-bond acceptors (Lipinski definition) is 7. The highest BCUT2D eigenvalue weighted by Crippen LogP contribution is 2.15. The third-order valence-corrected chi connectivity index (χ3v) is 2.78. The number of aromatic nitrogens is 3. The molecule has 0 saturated heterocycles. The molecule has 7 heteroatoms. The molecule has 2 aromatic rings. The number of rotatable bonds is 9. The average molecular weight is 304 g/mol. The second-order valence-corrected chi connectivity index (χ2v) is 4.49. The summed E-state index contributed by atoms with van der Waals surface area (Å²) in [5, 5.41) is 3.24. The standard InChI is InChI=1S/C15H20N4O3/c1-20-7-8-22-15-9-13(18-14(19-15)11-21-2)17-10-12-3-5-16-6-4-12/h3-6,9H,7-8,10-11H2,1-2H3,(H,17,18,19). The monoisotopic (exact) mass is 304 g/mol. The molecule has 2 aromatic heterocycles. The molecule has 0 unspecified atom stereocenters. The maximum atomic E-state index is 5.54. The van der Waals surface area contributed by atoms with Gasteiger partial charge in [0.1, 0.15) is 19.0 Å². The van der Waals surface area contributed by atoms with Crippen LogP contribution in [0.4, 0.5) is 5.82 Å². The van der Waals surface area contributed by atoms with E-state index in [4.69, 9.17) is 14.2 Å². The lowest BCUT2D eigenvalue weighted by Crippen LogP contribution is -2.10. The molecule has 0 aromatic carbocycles. The Balaban J connectivity index is 2.04. The molecule has 0 aliphatic rings. The van der Waals surface area contributed by atoms with Crippen LogP contribution >= 0.6 is 0 Å². The summed E-state index contributed by atoms with van der Waals surface area (Å²) in [6, 6.07) is 5.65. The first-order chi connectivity index (χ1) is 10.8. The summed E-state index contributed by atoms with van der Waals surface area (Å²) in [4.78, 5) is 12.7. The minimum absolute atomic E-state index is 0.325. The summed E-state index contributed by atoms with van der Waals surface area (Å²) >= 11 is 0. The molecule has 22 heavy (non-hydrogen) atoms.